The van der Waals surface area contributed by atoms with Crippen LogP contribution in [0.25, 0.3) is 0 Å². The molecule has 0 heterocycles. The van der Waals surface area contributed by atoms with Crippen LogP contribution < -0.4 is 11.1 Å². The second-order valence-electron chi connectivity index (χ2n) is 12.7. The summed E-state index contributed by atoms with van der Waals surface area (Å²) >= 11 is 1.47. The zero-order valence-corrected chi connectivity index (χ0v) is 29.5. The lowest BCUT2D eigenvalue weighted by molar-refractivity contribution is -0.147. The Morgan fingerprint density at radius 1 is 0.727 bits per heavy atom. The molecule has 0 fully saturated rings. The maximum atomic E-state index is 12.6. The molecule has 5 atom stereocenters. The van der Waals surface area contributed by atoms with E-state index in [9.17, 15) is 24.6 Å². The number of carbonyl (C=O) groups excluding carboxylic acids is 1. The van der Waals surface area contributed by atoms with Crippen molar-refractivity contribution in [3.05, 3.63) is 0 Å². The number of amides is 1. The average Bonchev–Trinajstić information content (AvgIpc) is 2.99. The Hall–Kier alpha value is -1.32. The van der Waals surface area contributed by atoms with Crippen molar-refractivity contribution >= 4 is 29.6 Å². The molecule has 8 nitrogen and oxygen atoms in total. The fourth-order valence-corrected chi connectivity index (χ4v) is 7.05. The molecule has 0 saturated heterocycles. The van der Waals surface area contributed by atoms with Crippen molar-refractivity contribution in [2.75, 3.05) is 25.2 Å². The van der Waals surface area contributed by atoms with Gasteiger partial charge in [-0.15, -0.1) is 0 Å². The van der Waals surface area contributed by atoms with Gasteiger partial charge in [-0.3, -0.25) is 14.4 Å². The zero-order chi connectivity index (χ0) is 33.0. The first-order valence-corrected chi connectivity index (χ1v) is 18.9. The van der Waals surface area contributed by atoms with Gasteiger partial charge in [0.25, 0.3) is 0 Å². The second kappa shape index (κ2) is 29.1. The highest BCUT2D eigenvalue weighted by molar-refractivity contribution is 7.99. The topological polar surface area (TPSA) is 139 Å². The van der Waals surface area contributed by atoms with Crippen molar-refractivity contribution in [1.82, 2.24) is 5.32 Å². The smallest absolute Gasteiger partial charge is 0.306 e. The number of aliphatic carboxylic acids is 2. The van der Waals surface area contributed by atoms with Crippen LogP contribution in [0.15, 0.2) is 0 Å². The van der Waals surface area contributed by atoms with Gasteiger partial charge in [-0.2, -0.15) is 11.8 Å². The molecule has 0 spiro atoms. The van der Waals surface area contributed by atoms with E-state index in [0.29, 0.717) is 37.4 Å². The zero-order valence-electron chi connectivity index (χ0n) is 28.7. The van der Waals surface area contributed by atoms with Crippen molar-refractivity contribution in [2.45, 2.75) is 161 Å². The molecule has 0 aliphatic heterocycles. The number of methoxy groups -OCH3 is 1. The van der Waals surface area contributed by atoms with Crippen LogP contribution in [0.1, 0.15) is 149 Å². The number of thioether (sulfide) groups is 1. The number of carboxylic acids is 2. The lowest BCUT2D eigenvalue weighted by Crippen LogP contribution is -2.48. The molecule has 0 rings (SSSR count). The van der Waals surface area contributed by atoms with Crippen molar-refractivity contribution < 1.29 is 29.3 Å². The molecule has 0 bridgehead atoms. The quantitative estimate of drug-likeness (QED) is 0.0540. The van der Waals surface area contributed by atoms with E-state index in [1.165, 1.54) is 76.0 Å². The molecule has 260 valence electrons. The van der Waals surface area contributed by atoms with E-state index in [4.69, 9.17) is 10.5 Å². The molecule has 0 aromatic heterocycles. The van der Waals surface area contributed by atoms with Gasteiger partial charge in [-0.05, 0) is 37.4 Å². The normalized spacial score (nSPS) is 14.9. The maximum absolute atomic E-state index is 12.6. The summed E-state index contributed by atoms with van der Waals surface area (Å²) in [5, 5.41) is 23.2. The van der Waals surface area contributed by atoms with Gasteiger partial charge >= 0.3 is 11.9 Å². The van der Waals surface area contributed by atoms with E-state index in [-0.39, 0.29) is 17.9 Å². The predicted molar refractivity (Wildman–Crippen MR) is 184 cm³/mol. The lowest BCUT2D eigenvalue weighted by atomic mass is 9.81. The number of carboxylic acid groups (broad SMARTS) is 2. The van der Waals surface area contributed by atoms with E-state index >= 15 is 0 Å². The number of ether oxygens (including phenoxy) is 1. The SMILES string of the molecule is CCCCCCCCCCC(C(=O)O)C(CSC[C@H](N)C(=O)NC(CC)COC)C[C@@H](CCCCCCCCCC)C(=O)O. The van der Waals surface area contributed by atoms with Gasteiger partial charge in [0.05, 0.1) is 30.5 Å². The number of rotatable bonds is 32. The van der Waals surface area contributed by atoms with Gasteiger partial charge in [-0.25, -0.2) is 0 Å². The summed E-state index contributed by atoms with van der Waals surface area (Å²) in [6, 6.07) is -0.831. The van der Waals surface area contributed by atoms with Crippen molar-refractivity contribution in [3.8, 4) is 0 Å². The molecular weight excluding hydrogens is 576 g/mol. The number of carbonyl (C=O) groups is 3. The first-order chi connectivity index (χ1) is 21.2. The molecule has 0 aromatic rings. The Morgan fingerprint density at radius 2 is 1.23 bits per heavy atom. The third kappa shape index (κ3) is 22.2. The van der Waals surface area contributed by atoms with E-state index in [1.54, 1.807) is 7.11 Å². The summed E-state index contributed by atoms with van der Waals surface area (Å²) in [6.07, 6.45) is 20.5. The van der Waals surface area contributed by atoms with Crippen LogP contribution in [0.2, 0.25) is 0 Å². The molecule has 0 aliphatic carbocycles. The molecule has 44 heavy (non-hydrogen) atoms. The van der Waals surface area contributed by atoms with Crippen molar-refractivity contribution in [1.29, 1.82) is 0 Å². The summed E-state index contributed by atoms with van der Waals surface area (Å²) in [5.41, 5.74) is 6.19. The number of hydrogen-bond donors (Lipinski definition) is 4. The van der Waals surface area contributed by atoms with Gasteiger partial charge in [0.15, 0.2) is 0 Å². The molecule has 1 amide bonds. The minimum Gasteiger partial charge on any atom is -0.481 e. The van der Waals surface area contributed by atoms with Crippen LogP contribution in [-0.2, 0) is 19.1 Å². The maximum Gasteiger partial charge on any atom is 0.306 e. The minimum absolute atomic E-state index is 0.105. The first-order valence-electron chi connectivity index (χ1n) is 17.8. The minimum atomic E-state index is -0.845. The Bertz CT molecular complexity index is 725. The van der Waals surface area contributed by atoms with Crippen molar-refractivity contribution in [3.63, 3.8) is 0 Å². The standard InChI is InChI=1S/C35H68N2O6S/c1-5-8-10-12-14-16-18-20-22-28(34(39)40)24-29(26-44-27-32(36)33(38)37-30(7-3)25-43-4)31(35(41)42)23-21-19-17-15-13-11-9-6-2/h28-32H,5-27,36H2,1-4H3,(H,37,38)(H,39,40)(H,41,42)/t28-,29?,30?,31?,32+/m1/s1. The van der Waals surface area contributed by atoms with E-state index in [1.807, 2.05) is 6.92 Å². The number of unbranched alkanes of at least 4 members (excludes halogenated alkanes) is 14. The van der Waals surface area contributed by atoms with Gasteiger partial charge in [-0.1, -0.05) is 124 Å². The second-order valence-corrected chi connectivity index (χ2v) is 13.8. The van der Waals surface area contributed by atoms with Gasteiger partial charge in [0, 0.05) is 12.9 Å². The average molecular weight is 645 g/mol. The number of nitrogens with two attached hydrogens (primary N) is 1. The molecule has 9 heteroatoms. The van der Waals surface area contributed by atoms with Crippen LogP contribution in [0.5, 0.6) is 0 Å². The van der Waals surface area contributed by atoms with Crippen LogP contribution in [0, 0.1) is 17.8 Å². The Balaban J connectivity index is 5.22. The van der Waals surface area contributed by atoms with E-state index in [0.717, 1.165) is 44.9 Å². The summed E-state index contributed by atoms with van der Waals surface area (Å²) < 4.78 is 5.16. The van der Waals surface area contributed by atoms with E-state index in [2.05, 4.69) is 19.2 Å². The molecular formula is C35H68N2O6S. The Labute approximate surface area is 273 Å². The highest BCUT2D eigenvalue weighted by atomic mass is 32.2. The summed E-state index contributed by atoms with van der Waals surface area (Å²) in [6.45, 7) is 6.80. The largest absolute Gasteiger partial charge is 0.481 e. The monoisotopic (exact) mass is 644 g/mol. The summed E-state index contributed by atoms with van der Waals surface area (Å²) in [4.78, 5) is 37.4. The van der Waals surface area contributed by atoms with Crippen molar-refractivity contribution in [2.24, 2.45) is 23.5 Å². The van der Waals surface area contributed by atoms with Crippen LogP contribution in [0.3, 0.4) is 0 Å². The summed E-state index contributed by atoms with van der Waals surface area (Å²) in [7, 11) is 1.59. The fourth-order valence-electron chi connectivity index (χ4n) is 5.83. The van der Waals surface area contributed by atoms with Crippen LogP contribution in [-0.4, -0.2) is 65.4 Å². The van der Waals surface area contributed by atoms with Gasteiger partial charge in [0.1, 0.15) is 0 Å². The lowest BCUT2D eigenvalue weighted by Gasteiger charge is -2.27. The van der Waals surface area contributed by atoms with E-state index < -0.39 is 29.8 Å². The number of nitrogens with one attached hydrogen (secondary N) is 1. The first kappa shape index (κ1) is 42.7. The molecule has 0 radical (unpaired) electrons. The Kier molecular flexibility index (Phi) is 28.2. The third-order valence-corrected chi connectivity index (χ3v) is 10.0. The van der Waals surface area contributed by atoms with Crippen LogP contribution >= 0.6 is 11.8 Å². The molecule has 0 aliphatic rings. The highest BCUT2D eigenvalue weighted by Gasteiger charge is 2.32. The Morgan fingerprint density at radius 3 is 1.68 bits per heavy atom. The van der Waals surface area contributed by atoms with Gasteiger partial charge in [0.2, 0.25) is 5.91 Å². The number of hydrogen-bond acceptors (Lipinski definition) is 6. The molecule has 0 saturated carbocycles. The predicted octanol–water partition coefficient (Wildman–Crippen LogP) is 8.06. The van der Waals surface area contributed by atoms with Crippen LogP contribution in [0.4, 0.5) is 0 Å². The fraction of sp³-hybridized carbons (Fsp3) is 0.914. The van der Waals surface area contributed by atoms with Gasteiger partial charge < -0.3 is 26.0 Å². The third-order valence-electron chi connectivity index (χ3n) is 8.77. The highest BCUT2D eigenvalue weighted by Crippen LogP contribution is 2.32. The summed E-state index contributed by atoms with van der Waals surface area (Å²) in [5.74, 6) is -2.54. The molecule has 5 N–H and O–H groups in total. The molecule has 0 aromatic carbocycles. The molecule has 3 unspecified atom stereocenters.